The summed E-state index contributed by atoms with van der Waals surface area (Å²) in [5, 5.41) is 0. The lowest BCUT2D eigenvalue weighted by atomic mass is 10.2. The van der Waals surface area contributed by atoms with Crippen LogP contribution in [-0.4, -0.2) is 13.1 Å². The number of fused-ring (bicyclic) bond motifs is 2. The molecular formula is C16H17N2OS+. The van der Waals surface area contributed by atoms with Gasteiger partial charge in [-0.15, -0.1) is 11.3 Å². The second-order valence-electron chi connectivity index (χ2n) is 4.74. The molecule has 0 bridgehead atoms. The van der Waals surface area contributed by atoms with Gasteiger partial charge >= 0.3 is 0 Å². The van der Waals surface area contributed by atoms with Crippen LogP contribution in [0.2, 0.25) is 0 Å². The zero-order valence-electron chi connectivity index (χ0n) is 11.6. The Morgan fingerprint density at radius 3 is 2.65 bits per heavy atom. The first kappa shape index (κ1) is 13.1. The summed E-state index contributed by atoms with van der Waals surface area (Å²) >= 11 is 1.66. The van der Waals surface area contributed by atoms with Gasteiger partial charge in [-0.3, -0.25) is 4.79 Å². The van der Waals surface area contributed by atoms with Crippen molar-refractivity contribution in [3.8, 4) is 10.6 Å². The number of rotatable bonds is 3. The van der Waals surface area contributed by atoms with Gasteiger partial charge in [0.25, 0.3) is 0 Å². The van der Waals surface area contributed by atoms with Gasteiger partial charge in [-0.25, -0.2) is 4.98 Å². The molecular weight excluding hydrogens is 268 g/mol. The molecule has 0 saturated heterocycles. The van der Waals surface area contributed by atoms with Crippen molar-refractivity contribution in [2.24, 2.45) is 0 Å². The zero-order chi connectivity index (χ0) is 14.1. The van der Waals surface area contributed by atoms with E-state index in [1.165, 1.54) is 10.4 Å². The predicted molar refractivity (Wildman–Crippen MR) is 84.8 cm³/mol. The van der Waals surface area contributed by atoms with Crippen molar-refractivity contribution in [3.05, 3.63) is 46.6 Å². The molecule has 1 heterocycles. The number of aromatic nitrogens is 1. The topological polar surface area (TPSA) is 34.5 Å². The van der Waals surface area contributed by atoms with Crippen LogP contribution in [0.5, 0.6) is 0 Å². The molecule has 4 heteroatoms. The predicted octanol–water partition coefficient (Wildman–Crippen LogP) is 3.03. The van der Waals surface area contributed by atoms with Gasteiger partial charge < -0.3 is 4.90 Å². The summed E-state index contributed by atoms with van der Waals surface area (Å²) in [4.78, 5) is 18.2. The number of H-pyrrole nitrogens is 1. The van der Waals surface area contributed by atoms with E-state index in [9.17, 15) is 4.79 Å². The van der Waals surface area contributed by atoms with E-state index in [4.69, 9.17) is 0 Å². The molecule has 1 aromatic rings. The van der Waals surface area contributed by atoms with Crippen LogP contribution in [0.1, 0.15) is 13.8 Å². The molecule has 102 valence electrons. The monoisotopic (exact) mass is 285 g/mol. The number of aromatic amines is 1. The number of nitrogens with zero attached hydrogens (tertiary/aromatic N) is 1. The van der Waals surface area contributed by atoms with E-state index in [2.05, 4.69) is 41.9 Å². The summed E-state index contributed by atoms with van der Waals surface area (Å²) in [6.07, 6.45) is 0. The van der Waals surface area contributed by atoms with Gasteiger partial charge in [0.15, 0.2) is 5.43 Å². The molecule has 3 rings (SSSR count). The molecule has 0 unspecified atom stereocenters. The van der Waals surface area contributed by atoms with Gasteiger partial charge in [-0.1, -0.05) is 0 Å². The first-order valence-electron chi connectivity index (χ1n) is 6.86. The summed E-state index contributed by atoms with van der Waals surface area (Å²) < 4.78 is 1.17. The summed E-state index contributed by atoms with van der Waals surface area (Å²) in [5.74, 6) is 0. The fraction of sp³-hybridized carbons (Fsp3) is 0.250. The molecule has 0 atom stereocenters. The van der Waals surface area contributed by atoms with E-state index in [0.717, 1.165) is 29.2 Å². The lowest BCUT2D eigenvalue weighted by Crippen LogP contribution is -2.21. The first-order chi connectivity index (χ1) is 9.71. The van der Waals surface area contributed by atoms with E-state index in [1.807, 2.05) is 6.07 Å². The van der Waals surface area contributed by atoms with Crippen molar-refractivity contribution in [3.63, 3.8) is 0 Å². The number of hydrogen-bond acceptors (Lipinski definition) is 3. The van der Waals surface area contributed by atoms with Crippen molar-refractivity contribution in [1.82, 2.24) is 0 Å². The van der Waals surface area contributed by atoms with Crippen molar-refractivity contribution >= 4 is 27.2 Å². The van der Waals surface area contributed by atoms with E-state index in [1.54, 1.807) is 23.5 Å². The second kappa shape index (κ2) is 5.21. The maximum Gasteiger partial charge on any atom is 0.221 e. The smallest absolute Gasteiger partial charge is 0.221 e. The van der Waals surface area contributed by atoms with Gasteiger partial charge in [0.05, 0.1) is 0 Å². The SMILES string of the molecule is CCN(CC)c1ccc2[nH+]c3ccc(=O)cc-3sc2c1. The van der Waals surface area contributed by atoms with E-state index >= 15 is 0 Å². The van der Waals surface area contributed by atoms with Crippen LogP contribution in [0.3, 0.4) is 0 Å². The normalized spacial score (nSPS) is 11.1. The standard InChI is InChI=1S/C16H16N2OS/c1-3-18(4-2)11-5-7-13-15(9-11)20-16-10-12(19)6-8-14(16)17-13/h5-10H,3-4H2,1-2H3/p+1. The Kier molecular flexibility index (Phi) is 3.40. The number of hydrogen-bond donors (Lipinski definition) is 0. The Labute approximate surface area is 121 Å². The molecule has 3 nitrogen and oxygen atoms in total. The van der Waals surface area contributed by atoms with Crippen molar-refractivity contribution in [2.45, 2.75) is 13.8 Å². The summed E-state index contributed by atoms with van der Waals surface area (Å²) in [7, 11) is 0. The maximum atomic E-state index is 11.5. The van der Waals surface area contributed by atoms with E-state index in [-0.39, 0.29) is 5.43 Å². The highest BCUT2D eigenvalue weighted by Crippen LogP contribution is 2.29. The molecule has 0 spiro atoms. The van der Waals surface area contributed by atoms with Gasteiger partial charge in [0, 0.05) is 37.0 Å². The lowest BCUT2D eigenvalue weighted by Gasteiger charge is -2.20. The highest BCUT2D eigenvalue weighted by atomic mass is 32.1. The number of nitrogens with one attached hydrogen (secondary N) is 1. The highest BCUT2D eigenvalue weighted by molar-refractivity contribution is 7.21. The molecule has 0 amide bonds. The van der Waals surface area contributed by atoms with Crippen LogP contribution in [0.15, 0.2) is 41.2 Å². The number of benzene rings is 2. The molecule has 0 fully saturated rings. The maximum absolute atomic E-state index is 11.5. The highest BCUT2D eigenvalue weighted by Gasteiger charge is 2.14. The summed E-state index contributed by atoms with van der Waals surface area (Å²) in [6, 6.07) is 11.6. The van der Waals surface area contributed by atoms with Crippen LogP contribution in [-0.2, 0) is 0 Å². The minimum absolute atomic E-state index is 0.0568. The zero-order valence-corrected chi connectivity index (χ0v) is 12.5. The molecule has 1 aromatic carbocycles. The second-order valence-corrected chi connectivity index (χ2v) is 5.82. The largest absolute Gasteiger partial charge is 0.372 e. The molecule has 1 aliphatic heterocycles. The van der Waals surface area contributed by atoms with Crippen LogP contribution in [0, 0.1) is 0 Å². The molecule has 0 saturated carbocycles. The van der Waals surface area contributed by atoms with Crippen molar-refractivity contribution < 1.29 is 4.98 Å². The first-order valence-corrected chi connectivity index (χ1v) is 7.68. The van der Waals surface area contributed by atoms with E-state index < -0.39 is 0 Å². The minimum Gasteiger partial charge on any atom is -0.372 e. The van der Waals surface area contributed by atoms with Gasteiger partial charge in [0.1, 0.15) is 9.58 Å². The third-order valence-corrected chi connectivity index (χ3v) is 4.65. The molecule has 2 aliphatic rings. The third-order valence-electron chi connectivity index (χ3n) is 3.54. The van der Waals surface area contributed by atoms with Crippen molar-refractivity contribution in [1.29, 1.82) is 0 Å². The van der Waals surface area contributed by atoms with Crippen LogP contribution < -0.4 is 15.3 Å². The van der Waals surface area contributed by atoms with Crippen LogP contribution in [0.4, 0.5) is 5.69 Å². The van der Waals surface area contributed by atoms with Gasteiger partial charge in [-0.05, 0) is 32.0 Å². The Balaban J connectivity index is 2.21. The van der Waals surface area contributed by atoms with Crippen LogP contribution >= 0.6 is 11.3 Å². The summed E-state index contributed by atoms with van der Waals surface area (Å²) in [6.45, 7) is 6.31. The number of anilines is 1. The van der Waals surface area contributed by atoms with Crippen molar-refractivity contribution in [2.75, 3.05) is 18.0 Å². The average molecular weight is 285 g/mol. The Bertz CT molecular complexity index is 777. The van der Waals surface area contributed by atoms with Gasteiger partial charge in [-0.2, -0.15) is 0 Å². The molecule has 1 aliphatic carbocycles. The van der Waals surface area contributed by atoms with Crippen LogP contribution in [0.25, 0.3) is 20.8 Å². The lowest BCUT2D eigenvalue weighted by molar-refractivity contribution is -0.330. The summed E-state index contributed by atoms with van der Waals surface area (Å²) in [5.41, 5.74) is 3.40. The van der Waals surface area contributed by atoms with Gasteiger partial charge in [0.2, 0.25) is 11.2 Å². The van der Waals surface area contributed by atoms with E-state index in [0.29, 0.717) is 0 Å². The molecule has 20 heavy (non-hydrogen) atoms. The molecule has 1 N–H and O–H groups in total. The fourth-order valence-corrected chi connectivity index (χ4v) is 3.49. The average Bonchev–Trinajstić information content (AvgIpc) is 2.46. The molecule has 0 radical (unpaired) electrons. The third kappa shape index (κ3) is 2.27. The fourth-order valence-electron chi connectivity index (χ4n) is 2.44. The Hall–Kier alpha value is -1.94. The minimum atomic E-state index is 0.0568. The Morgan fingerprint density at radius 1 is 1.10 bits per heavy atom. The quantitative estimate of drug-likeness (QED) is 0.693. The Morgan fingerprint density at radius 2 is 1.90 bits per heavy atom. The molecule has 0 aromatic heterocycles.